The Hall–Kier alpha value is -4.11. The Morgan fingerprint density at radius 2 is 1.25 bits per heavy atom. The minimum Gasteiger partial charge on any atom is -0.365 e. The SMILES string of the molecule is CC1(F)CN(c2cccc(CC(=O)Nc3nnc([C@H]4CCC[C@H](c5nnc(NC(=O)Cc6cccc(N7CC(F)(F)C7)c6)s5)C4)s3)c2)C1. The van der Waals surface area contributed by atoms with Crippen LogP contribution in [0.25, 0.3) is 0 Å². The van der Waals surface area contributed by atoms with Gasteiger partial charge in [0.1, 0.15) is 15.7 Å². The summed E-state index contributed by atoms with van der Waals surface area (Å²) in [5, 5.41) is 25.5. The van der Waals surface area contributed by atoms with E-state index < -0.39 is 11.6 Å². The molecule has 48 heavy (non-hydrogen) atoms. The van der Waals surface area contributed by atoms with E-state index in [1.54, 1.807) is 36.1 Å². The number of carbonyl (C=O) groups is 2. The second-order valence-electron chi connectivity index (χ2n) is 13.2. The van der Waals surface area contributed by atoms with E-state index in [0.29, 0.717) is 29.0 Å². The van der Waals surface area contributed by atoms with E-state index in [1.807, 2.05) is 29.2 Å². The number of carbonyl (C=O) groups excluding carboxylic acids is 2. The molecule has 2 atom stereocenters. The molecule has 7 rings (SSSR count). The number of nitrogens with one attached hydrogen (secondary N) is 2. The number of alkyl halides is 3. The summed E-state index contributed by atoms with van der Waals surface area (Å²) in [6, 6.07) is 14.7. The Labute approximate surface area is 283 Å². The highest BCUT2D eigenvalue weighted by Crippen LogP contribution is 2.43. The highest BCUT2D eigenvalue weighted by Gasteiger charge is 2.44. The number of amides is 2. The number of hydrogen-bond acceptors (Lipinski definition) is 10. The number of benzene rings is 2. The van der Waals surface area contributed by atoms with Crippen molar-refractivity contribution in [2.24, 2.45) is 0 Å². The second kappa shape index (κ2) is 13.1. The third kappa shape index (κ3) is 7.62. The average Bonchev–Trinajstić information content (AvgIpc) is 3.69. The van der Waals surface area contributed by atoms with Gasteiger partial charge in [-0.25, -0.2) is 13.2 Å². The first-order valence-corrected chi connectivity index (χ1v) is 17.6. The van der Waals surface area contributed by atoms with Crippen molar-refractivity contribution in [3.05, 3.63) is 69.7 Å². The lowest BCUT2D eigenvalue weighted by atomic mass is 9.82. The summed E-state index contributed by atoms with van der Waals surface area (Å²) in [5.74, 6) is -2.77. The zero-order valence-electron chi connectivity index (χ0n) is 26.3. The monoisotopic (exact) mass is 696 g/mol. The maximum atomic E-state index is 13.9. The van der Waals surface area contributed by atoms with Crippen molar-refractivity contribution in [1.82, 2.24) is 20.4 Å². The predicted octanol–water partition coefficient (Wildman–Crippen LogP) is 6.20. The van der Waals surface area contributed by atoms with Crippen LogP contribution in [0.3, 0.4) is 0 Å². The van der Waals surface area contributed by atoms with Crippen LogP contribution in [-0.2, 0) is 22.4 Å². The number of aromatic nitrogens is 4. The number of hydrogen-bond donors (Lipinski definition) is 2. The van der Waals surface area contributed by atoms with Crippen molar-refractivity contribution in [1.29, 1.82) is 0 Å². The molecule has 15 heteroatoms. The second-order valence-corrected chi connectivity index (χ2v) is 15.2. The van der Waals surface area contributed by atoms with Gasteiger partial charge in [0.25, 0.3) is 5.92 Å². The van der Waals surface area contributed by atoms with Gasteiger partial charge in [0.2, 0.25) is 22.1 Å². The third-order valence-corrected chi connectivity index (χ3v) is 10.9. The van der Waals surface area contributed by atoms with Gasteiger partial charge in [-0.15, -0.1) is 20.4 Å². The van der Waals surface area contributed by atoms with Crippen molar-refractivity contribution >= 4 is 56.1 Å². The first kappa shape index (κ1) is 32.4. The molecule has 0 spiro atoms. The Balaban J connectivity index is 0.899. The predicted molar refractivity (Wildman–Crippen MR) is 180 cm³/mol. The smallest absolute Gasteiger partial charge is 0.282 e. The highest BCUT2D eigenvalue weighted by molar-refractivity contribution is 7.15. The standard InChI is InChI=1S/C33H35F3N8O2S2/c1-32(34)16-43(17-32)24-9-2-5-20(11-24)13-26(45)37-30-41-39-28(47-30)22-7-4-8-23(15-22)29-40-42-31(48-29)38-27(46)14-21-6-3-10-25(12-21)44-18-33(35,36)19-44/h2-3,5-6,9-12,22-23H,4,7-8,13-19H2,1H3,(H,37,41,45)(H,38,42,46)/t22-,23-/m0/s1. The number of rotatable bonds is 10. The van der Waals surface area contributed by atoms with Crippen LogP contribution in [-0.4, -0.2) is 70.0 Å². The van der Waals surface area contributed by atoms with E-state index in [4.69, 9.17) is 0 Å². The van der Waals surface area contributed by atoms with Gasteiger partial charge in [0.05, 0.1) is 39.0 Å². The normalized spacial score (nSPS) is 21.2. The molecule has 2 aliphatic heterocycles. The molecule has 4 aromatic rings. The van der Waals surface area contributed by atoms with Crippen molar-refractivity contribution in [2.45, 2.75) is 68.9 Å². The van der Waals surface area contributed by atoms with Gasteiger partial charge in [0.15, 0.2) is 0 Å². The summed E-state index contributed by atoms with van der Waals surface area (Å²) in [6.45, 7) is 1.66. The van der Waals surface area contributed by atoms with Crippen molar-refractivity contribution in [2.75, 3.05) is 46.6 Å². The minimum absolute atomic E-state index is 0.0966. The molecule has 2 N–H and O–H groups in total. The molecule has 2 aromatic heterocycles. The van der Waals surface area contributed by atoms with E-state index in [1.165, 1.54) is 22.7 Å². The van der Waals surface area contributed by atoms with E-state index in [-0.39, 0.29) is 49.6 Å². The Morgan fingerprint density at radius 1 is 0.771 bits per heavy atom. The summed E-state index contributed by atoms with van der Waals surface area (Å²) in [5.41, 5.74) is 1.99. The molecule has 3 aliphatic rings. The molecule has 2 amide bonds. The van der Waals surface area contributed by atoms with E-state index in [2.05, 4.69) is 31.0 Å². The lowest BCUT2D eigenvalue weighted by Crippen LogP contribution is -2.57. The number of nitrogens with zero attached hydrogens (tertiary/aromatic N) is 6. The number of anilines is 4. The number of halogens is 3. The van der Waals surface area contributed by atoms with Crippen molar-refractivity contribution < 1.29 is 22.8 Å². The van der Waals surface area contributed by atoms with Gasteiger partial charge in [-0.1, -0.05) is 53.4 Å². The van der Waals surface area contributed by atoms with Crippen LogP contribution >= 0.6 is 22.7 Å². The fourth-order valence-electron chi connectivity index (χ4n) is 6.59. The maximum absolute atomic E-state index is 13.9. The highest BCUT2D eigenvalue weighted by atomic mass is 32.1. The van der Waals surface area contributed by atoms with Gasteiger partial charge in [-0.05, 0) is 61.6 Å². The average molecular weight is 697 g/mol. The molecule has 252 valence electrons. The maximum Gasteiger partial charge on any atom is 0.282 e. The van der Waals surface area contributed by atoms with E-state index in [0.717, 1.165) is 52.5 Å². The largest absolute Gasteiger partial charge is 0.365 e. The molecular weight excluding hydrogens is 662 g/mol. The quantitative estimate of drug-likeness (QED) is 0.202. The van der Waals surface area contributed by atoms with Gasteiger partial charge in [0, 0.05) is 23.2 Å². The third-order valence-electron chi connectivity index (χ3n) is 8.91. The van der Waals surface area contributed by atoms with Crippen molar-refractivity contribution in [3.8, 4) is 0 Å². The van der Waals surface area contributed by atoms with Gasteiger partial charge in [-0.3, -0.25) is 9.59 Å². The van der Waals surface area contributed by atoms with Crippen LogP contribution in [0.1, 0.15) is 65.6 Å². The molecule has 3 fully saturated rings. The summed E-state index contributed by atoms with van der Waals surface area (Å²) < 4.78 is 40.5. The zero-order chi connectivity index (χ0) is 33.5. The zero-order valence-corrected chi connectivity index (χ0v) is 27.9. The summed E-state index contributed by atoms with van der Waals surface area (Å²) in [7, 11) is 0. The van der Waals surface area contributed by atoms with Crippen LogP contribution in [0.2, 0.25) is 0 Å². The molecule has 2 aromatic carbocycles. The van der Waals surface area contributed by atoms with Crippen molar-refractivity contribution in [3.63, 3.8) is 0 Å². The van der Waals surface area contributed by atoms with Crippen LogP contribution in [0.4, 0.5) is 34.8 Å². The molecule has 1 aliphatic carbocycles. The summed E-state index contributed by atoms with van der Waals surface area (Å²) >= 11 is 2.75. The summed E-state index contributed by atoms with van der Waals surface area (Å²) in [6.07, 6.45) is 3.97. The van der Waals surface area contributed by atoms with Gasteiger partial charge >= 0.3 is 0 Å². The first-order valence-electron chi connectivity index (χ1n) is 16.0. The van der Waals surface area contributed by atoms with Gasteiger partial charge in [-0.2, -0.15) is 0 Å². The first-order chi connectivity index (χ1) is 23.0. The summed E-state index contributed by atoms with van der Waals surface area (Å²) in [4.78, 5) is 29.1. The lowest BCUT2D eigenvalue weighted by Gasteiger charge is -2.44. The molecule has 0 bridgehead atoms. The fourth-order valence-corrected chi connectivity index (χ4v) is 8.40. The van der Waals surface area contributed by atoms with E-state index in [9.17, 15) is 22.8 Å². The van der Waals surface area contributed by atoms with Crippen LogP contribution < -0.4 is 20.4 Å². The van der Waals surface area contributed by atoms with Crippen LogP contribution in [0.15, 0.2) is 48.5 Å². The molecule has 2 saturated heterocycles. The molecule has 10 nitrogen and oxygen atoms in total. The van der Waals surface area contributed by atoms with Gasteiger partial charge < -0.3 is 20.4 Å². The molecule has 1 saturated carbocycles. The minimum atomic E-state index is -2.66. The molecule has 0 radical (unpaired) electrons. The fraction of sp³-hybridized carbons (Fsp3) is 0.455. The molecular formula is C33H35F3N8O2S2. The van der Waals surface area contributed by atoms with Crippen LogP contribution in [0, 0.1) is 0 Å². The molecule has 4 heterocycles. The van der Waals surface area contributed by atoms with E-state index >= 15 is 0 Å². The topological polar surface area (TPSA) is 116 Å². The Morgan fingerprint density at radius 3 is 1.71 bits per heavy atom. The Kier molecular flexibility index (Phi) is 8.83. The van der Waals surface area contributed by atoms with Crippen LogP contribution in [0.5, 0.6) is 0 Å². The lowest BCUT2D eigenvalue weighted by molar-refractivity contribution is -0.116. The Bertz CT molecular complexity index is 1670. The molecule has 0 unspecified atom stereocenters.